The lowest BCUT2D eigenvalue weighted by Gasteiger charge is -2.11. The van der Waals surface area contributed by atoms with Gasteiger partial charge in [-0.15, -0.1) is 11.3 Å². The second-order valence-corrected chi connectivity index (χ2v) is 8.69. The van der Waals surface area contributed by atoms with E-state index in [1.54, 1.807) is 24.5 Å². The monoisotopic (exact) mass is 448 g/mol. The molecule has 0 atom stereocenters. The van der Waals surface area contributed by atoms with E-state index in [9.17, 15) is 4.39 Å². The smallest absolute Gasteiger partial charge is 0.126 e. The molecule has 5 aromatic rings. The van der Waals surface area contributed by atoms with Crippen molar-refractivity contribution in [3.05, 3.63) is 101 Å². The molecule has 0 aliphatic heterocycles. The standard InChI is InChI=1S/C25H18ClFN2OS/c1-30-22-14-19(27)9-6-16(22)13-25-28-21(15-29(25)20-10-7-18(26)8-11-20)24-12-17-4-2-3-5-23(17)31-24/h2-12,14-15H,13H2,1H3. The van der Waals surface area contributed by atoms with Crippen molar-refractivity contribution in [3.63, 3.8) is 0 Å². The predicted octanol–water partition coefficient (Wildman–Crippen LogP) is 7.15. The van der Waals surface area contributed by atoms with E-state index in [0.29, 0.717) is 17.2 Å². The number of fused-ring (bicyclic) bond motifs is 1. The van der Waals surface area contributed by atoms with Crippen LogP contribution in [0.2, 0.25) is 5.02 Å². The Morgan fingerprint density at radius 2 is 1.84 bits per heavy atom. The van der Waals surface area contributed by atoms with Gasteiger partial charge in [-0.25, -0.2) is 9.37 Å². The third-order valence-electron chi connectivity index (χ3n) is 5.16. The van der Waals surface area contributed by atoms with Gasteiger partial charge in [-0.3, -0.25) is 0 Å². The number of methoxy groups -OCH3 is 1. The van der Waals surface area contributed by atoms with Crippen LogP contribution in [0.3, 0.4) is 0 Å². The molecular weight excluding hydrogens is 431 g/mol. The van der Waals surface area contributed by atoms with Gasteiger partial charge in [0.1, 0.15) is 17.4 Å². The molecule has 3 nitrogen and oxygen atoms in total. The van der Waals surface area contributed by atoms with Gasteiger partial charge in [-0.2, -0.15) is 0 Å². The largest absolute Gasteiger partial charge is 0.496 e. The van der Waals surface area contributed by atoms with Gasteiger partial charge in [0.25, 0.3) is 0 Å². The van der Waals surface area contributed by atoms with Crippen molar-refractivity contribution in [3.8, 4) is 22.0 Å². The molecule has 5 rings (SSSR count). The number of thiophene rings is 1. The molecule has 0 unspecified atom stereocenters. The summed E-state index contributed by atoms with van der Waals surface area (Å²) in [4.78, 5) is 6.06. The summed E-state index contributed by atoms with van der Waals surface area (Å²) in [5, 5.41) is 1.88. The molecule has 6 heteroatoms. The summed E-state index contributed by atoms with van der Waals surface area (Å²) in [6, 6.07) is 22.7. The molecule has 0 radical (unpaired) electrons. The zero-order chi connectivity index (χ0) is 21.4. The van der Waals surface area contributed by atoms with Crippen LogP contribution in [0.15, 0.2) is 79.0 Å². The number of aromatic nitrogens is 2. The fourth-order valence-electron chi connectivity index (χ4n) is 3.63. The Morgan fingerprint density at radius 1 is 1.03 bits per heavy atom. The van der Waals surface area contributed by atoms with Crippen LogP contribution < -0.4 is 4.74 Å². The van der Waals surface area contributed by atoms with Gasteiger partial charge >= 0.3 is 0 Å². The number of ether oxygens (including phenoxy) is 1. The first kappa shape index (κ1) is 19.8. The van der Waals surface area contributed by atoms with Crippen molar-refractivity contribution in [1.82, 2.24) is 9.55 Å². The third-order valence-corrected chi connectivity index (χ3v) is 6.55. The van der Waals surface area contributed by atoms with Crippen molar-refractivity contribution >= 4 is 33.0 Å². The summed E-state index contributed by atoms with van der Waals surface area (Å²) >= 11 is 7.81. The topological polar surface area (TPSA) is 27.1 Å². The lowest BCUT2D eigenvalue weighted by Crippen LogP contribution is -2.03. The molecule has 31 heavy (non-hydrogen) atoms. The van der Waals surface area contributed by atoms with Crippen molar-refractivity contribution in [2.75, 3.05) is 7.11 Å². The van der Waals surface area contributed by atoms with Gasteiger partial charge in [-0.05, 0) is 47.9 Å². The average Bonchev–Trinajstić information content (AvgIpc) is 3.40. The molecule has 0 aliphatic rings. The van der Waals surface area contributed by atoms with Crippen LogP contribution in [-0.2, 0) is 6.42 Å². The fourth-order valence-corrected chi connectivity index (χ4v) is 4.77. The van der Waals surface area contributed by atoms with Gasteiger partial charge in [-0.1, -0.05) is 35.9 Å². The molecule has 0 N–H and O–H groups in total. The van der Waals surface area contributed by atoms with E-state index in [1.165, 1.54) is 22.2 Å². The minimum Gasteiger partial charge on any atom is -0.496 e. The zero-order valence-corrected chi connectivity index (χ0v) is 18.3. The highest BCUT2D eigenvalue weighted by molar-refractivity contribution is 7.22. The summed E-state index contributed by atoms with van der Waals surface area (Å²) in [5.74, 6) is 1.02. The molecule has 0 amide bonds. The fraction of sp³-hybridized carbons (Fsp3) is 0.0800. The first-order valence-electron chi connectivity index (χ1n) is 9.76. The molecule has 154 valence electrons. The van der Waals surface area contributed by atoms with Crippen molar-refractivity contribution in [2.45, 2.75) is 6.42 Å². The van der Waals surface area contributed by atoms with Crippen molar-refractivity contribution in [1.29, 1.82) is 0 Å². The van der Waals surface area contributed by atoms with Crippen LogP contribution in [0.5, 0.6) is 5.75 Å². The number of benzene rings is 3. The number of hydrogen-bond acceptors (Lipinski definition) is 3. The molecule has 0 fully saturated rings. The summed E-state index contributed by atoms with van der Waals surface area (Å²) < 4.78 is 22.3. The Hall–Kier alpha value is -3.15. The molecule has 0 saturated carbocycles. The first-order valence-corrected chi connectivity index (χ1v) is 11.0. The molecule has 2 heterocycles. The molecule has 0 bridgehead atoms. The van der Waals surface area contributed by atoms with Crippen LogP contribution in [0.4, 0.5) is 4.39 Å². The Balaban J connectivity index is 1.62. The minimum atomic E-state index is -0.326. The molecule has 2 aromatic heterocycles. The van der Waals surface area contributed by atoms with E-state index in [-0.39, 0.29) is 5.82 Å². The van der Waals surface area contributed by atoms with Crippen LogP contribution in [-0.4, -0.2) is 16.7 Å². The Bertz CT molecular complexity index is 1340. The quantitative estimate of drug-likeness (QED) is 0.285. The van der Waals surface area contributed by atoms with Crippen LogP contribution in [0.1, 0.15) is 11.4 Å². The second-order valence-electron chi connectivity index (χ2n) is 7.17. The number of halogens is 2. The van der Waals surface area contributed by atoms with Crippen LogP contribution >= 0.6 is 22.9 Å². The van der Waals surface area contributed by atoms with Gasteiger partial charge in [0.15, 0.2) is 0 Å². The van der Waals surface area contributed by atoms with E-state index in [1.807, 2.05) is 42.6 Å². The maximum atomic E-state index is 13.7. The molecule has 0 aliphatic carbocycles. The normalized spacial score (nSPS) is 11.2. The van der Waals surface area contributed by atoms with E-state index >= 15 is 0 Å². The average molecular weight is 449 g/mol. The highest BCUT2D eigenvalue weighted by Crippen LogP contribution is 2.34. The molecule has 0 spiro atoms. The Kier molecular flexibility index (Phi) is 5.22. The maximum absolute atomic E-state index is 13.7. The molecule has 0 saturated heterocycles. The van der Waals surface area contributed by atoms with Crippen molar-refractivity contribution < 1.29 is 9.13 Å². The predicted molar refractivity (Wildman–Crippen MR) is 125 cm³/mol. The third kappa shape index (κ3) is 3.94. The summed E-state index contributed by atoms with van der Waals surface area (Å²) in [5.41, 5.74) is 2.72. The molecule has 3 aromatic carbocycles. The number of rotatable bonds is 5. The molecular formula is C25H18ClFN2OS. The van der Waals surface area contributed by atoms with Crippen LogP contribution in [0.25, 0.3) is 26.3 Å². The first-order chi connectivity index (χ1) is 15.1. The second kappa shape index (κ2) is 8.17. The summed E-state index contributed by atoms with van der Waals surface area (Å²) in [6.45, 7) is 0. The Labute approximate surface area is 188 Å². The van der Waals surface area contributed by atoms with E-state index in [2.05, 4.69) is 22.8 Å². The maximum Gasteiger partial charge on any atom is 0.126 e. The number of nitrogens with zero attached hydrogens (tertiary/aromatic N) is 2. The summed E-state index contributed by atoms with van der Waals surface area (Å²) in [6.07, 6.45) is 2.54. The van der Waals surface area contributed by atoms with Crippen molar-refractivity contribution in [2.24, 2.45) is 0 Å². The number of hydrogen-bond donors (Lipinski definition) is 0. The SMILES string of the molecule is COc1cc(F)ccc1Cc1nc(-c2cc3ccccc3s2)cn1-c1ccc(Cl)cc1. The highest BCUT2D eigenvalue weighted by atomic mass is 35.5. The van der Waals surface area contributed by atoms with Gasteiger partial charge in [0.05, 0.1) is 17.7 Å². The zero-order valence-electron chi connectivity index (χ0n) is 16.7. The van der Waals surface area contributed by atoms with Gasteiger partial charge in [0.2, 0.25) is 0 Å². The lowest BCUT2D eigenvalue weighted by atomic mass is 10.1. The Morgan fingerprint density at radius 3 is 2.61 bits per heavy atom. The van der Waals surface area contributed by atoms with E-state index < -0.39 is 0 Å². The van der Waals surface area contributed by atoms with E-state index in [0.717, 1.165) is 27.6 Å². The van der Waals surface area contributed by atoms with Crippen LogP contribution in [0, 0.1) is 5.82 Å². The van der Waals surface area contributed by atoms with Gasteiger partial charge in [0, 0.05) is 39.7 Å². The van der Waals surface area contributed by atoms with E-state index in [4.69, 9.17) is 21.3 Å². The highest BCUT2D eigenvalue weighted by Gasteiger charge is 2.16. The number of imidazole rings is 1. The lowest BCUT2D eigenvalue weighted by molar-refractivity contribution is 0.406. The van der Waals surface area contributed by atoms with Gasteiger partial charge < -0.3 is 9.30 Å². The summed E-state index contributed by atoms with van der Waals surface area (Å²) in [7, 11) is 1.55. The minimum absolute atomic E-state index is 0.326.